The van der Waals surface area contributed by atoms with Crippen molar-refractivity contribution in [2.75, 3.05) is 6.54 Å². The van der Waals surface area contributed by atoms with Crippen LogP contribution in [-0.2, 0) is 0 Å². The minimum Gasteiger partial charge on any atom is -0.344 e. The molecule has 0 aliphatic heterocycles. The van der Waals surface area contributed by atoms with E-state index in [0.717, 1.165) is 12.8 Å². The molecule has 9 heteroatoms. The Labute approximate surface area is 152 Å². The topological polar surface area (TPSA) is 116 Å². The van der Waals surface area contributed by atoms with Crippen molar-refractivity contribution >= 4 is 24.0 Å². The third-order valence-corrected chi connectivity index (χ3v) is 4.27. The molecule has 0 fully saturated rings. The second-order valence-corrected chi connectivity index (χ2v) is 5.56. The van der Waals surface area contributed by atoms with Gasteiger partial charge in [0.05, 0.1) is 16.1 Å². The molecule has 0 saturated carbocycles. The number of aromatic nitrogens is 2. The molecule has 8 nitrogen and oxygen atoms in total. The van der Waals surface area contributed by atoms with Crippen LogP contribution in [0.4, 0.5) is 5.69 Å². The molecule has 136 valence electrons. The van der Waals surface area contributed by atoms with E-state index < -0.39 is 10.5 Å². The van der Waals surface area contributed by atoms with Crippen molar-refractivity contribution in [1.29, 1.82) is 0 Å². The van der Waals surface area contributed by atoms with Crippen LogP contribution in [0.15, 0.2) is 36.5 Å². The van der Waals surface area contributed by atoms with Crippen LogP contribution in [0.3, 0.4) is 0 Å². The van der Waals surface area contributed by atoms with E-state index in [1.165, 1.54) is 16.8 Å². The maximum atomic E-state index is 12.4. The molecule has 0 spiro atoms. The normalized spacial score (nSPS) is 10.8. The summed E-state index contributed by atoms with van der Waals surface area (Å²) < 4.78 is 1.50. The molecular weight excluding hydrogens is 346 g/mol. The summed E-state index contributed by atoms with van der Waals surface area (Å²) in [6.45, 7) is 4.31. The van der Waals surface area contributed by atoms with E-state index in [-0.39, 0.29) is 29.7 Å². The number of nitrogens with one attached hydrogen (secondary N) is 1. The number of nitrogens with two attached hydrogens (primary N) is 1. The molecule has 0 atom stereocenters. The average molecular weight is 368 g/mol. The first kappa shape index (κ1) is 20.6. The molecule has 1 heterocycles. The Hall–Kier alpha value is -2.45. The molecule has 1 amide bonds. The Kier molecular flexibility index (Phi) is 7.08. The van der Waals surface area contributed by atoms with Gasteiger partial charge in [0.1, 0.15) is 0 Å². The molecule has 3 N–H and O–H groups in total. The van der Waals surface area contributed by atoms with Crippen molar-refractivity contribution < 1.29 is 9.72 Å². The van der Waals surface area contributed by atoms with Gasteiger partial charge in [-0.2, -0.15) is 5.10 Å². The van der Waals surface area contributed by atoms with Gasteiger partial charge in [-0.1, -0.05) is 13.8 Å². The number of amides is 1. The molecule has 1 aromatic heterocycles. The lowest BCUT2D eigenvalue weighted by atomic mass is 9.93. The van der Waals surface area contributed by atoms with Crippen LogP contribution in [-0.4, -0.2) is 32.7 Å². The Morgan fingerprint density at radius 1 is 1.28 bits per heavy atom. The summed E-state index contributed by atoms with van der Waals surface area (Å²) in [6, 6.07) is 7.54. The van der Waals surface area contributed by atoms with Crippen LogP contribution < -0.4 is 11.1 Å². The van der Waals surface area contributed by atoms with Crippen LogP contribution >= 0.6 is 12.4 Å². The van der Waals surface area contributed by atoms with E-state index >= 15 is 0 Å². The standard InChI is InChI=1S/C16H21N5O3.ClH/c1-3-16(4-2,11-17)18-15(22)14-9-10-20(19-14)12-5-7-13(8-6-12)21(23)24;/h5-10H,3-4,11,17H2,1-2H3,(H,18,22);1H. The third kappa shape index (κ3) is 4.55. The largest absolute Gasteiger partial charge is 0.344 e. The fourth-order valence-electron chi connectivity index (χ4n) is 2.39. The van der Waals surface area contributed by atoms with Gasteiger partial charge < -0.3 is 11.1 Å². The monoisotopic (exact) mass is 367 g/mol. The molecule has 2 aromatic rings. The van der Waals surface area contributed by atoms with Crippen molar-refractivity contribution in [2.45, 2.75) is 32.2 Å². The Bertz CT molecular complexity index is 717. The number of carbonyl (C=O) groups is 1. The molecule has 0 aliphatic carbocycles. The van der Waals surface area contributed by atoms with Gasteiger partial charge in [-0.3, -0.25) is 14.9 Å². The van der Waals surface area contributed by atoms with E-state index in [9.17, 15) is 14.9 Å². The van der Waals surface area contributed by atoms with Crippen molar-refractivity contribution in [3.63, 3.8) is 0 Å². The summed E-state index contributed by atoms with van der Waals surface area (Å²) in [5.41, 5.74) is 6.27. The minimum absolute atomic E-state index is 0. The predicted octanol–water partition coefficient (Wildman–Crippen LogP) is 2.45. The summed E-state index contributed by atoms with van der Waals surface area (Å²) in [6.07, 6.45) is 3.10. The number of rotatable bonds is 7. The van der Waals surface area contributed by atoms with Gasteiger partial charge in [-0.05, 0) is 31.0 Å². The number of nitro groups is 1. The third-order valence-electron chi connectivity index (χ3n) is 4.27. The highest BCUT2D eigenvalue weighted by atomic mass is 35.5. The van der Waals surface area contributed by atoms with Crippen LogP contribution in [0.25, 0.3) is 5.69 Å². The number of halogens is 1. The number of non-ortho nitro benzene ring substituents is 1. The Morgan fingerprint density at radius 2 is 1.88 bits per heavy atom. The number of hydrogen-bond donors (Lipinski definition) is 2. The van der Waals surface area contributed by atoms with Crippen LogP contribution in [0.1, 0.15) is 37.2 Å². The van der Waals surface area contributed by atoms with Gasteiger partial charge in [0.25, 0.3) is 11.6 Å². The van der Waals surface area contributed by atoms with E-state index in [2.05, 4.69) is 10.4 Å². The fraction of sp³-hybridized carbons (Fsp3) is 0.375. The lowest BCUT2D eigenvalue weighted by molar-refractivity contribution is -0.384. The van der Waals surface area contributed by atoms with E-state index in [4.69, 9.17) is 5.73 Å². The number of nitrogens with zero attached hydrogens (tertiary/aromatic N) is 3. The fourth-order valence-corrected chi connectivity index (χ4v) is 2.39. The summed E-state index contributed by atoms with van der Waals surface area (Å²) >= 11 is 0. The van der Waals surface area contributed by atoms with Crippen LogP contribution in [0.5, 0.6) is 0 Å². The molecule has 1 aromatic carbocycles. The van der Waals surface area contributed by atoms with Crippen molar-refractivity contribution in [3.05, 3.63) is 52.3 Å². The highest BCUT2D eigenvalue weighted by Crippen LogP contribution is 2.16. The first-order valence-electron chi connectivity index (χ1n) is 7.77. The summed E-state index contributed by atoms with van der Waals surface area (Å²) in [5.74, 6) is -0.287. The molecule has 2 rings (SSSR count). The van der Waals surface area contributed by atoms with Crippen molar-refractivity contribution in [3.8, 4) is 5.69 Å². The minimum atomic E-state index is -0.465. The molecule has 0 saturated heterocycles. The summed E-state index contributed by atoms with van der Waals surface area (Å²) in [7, 11) is 0. The van der Waals surface area contributed by atoms with E-state index in [1.807, 2.05) is 13.8 Å². The first-order valence-corrected chi connectivity index (χ1v) is 7.77. The molecule has 0 bridgehead atoms. The molecular formula is C16H22ClN5O3. The highest BCUT2D eigenvalue weighted by molar-refractivity contribution is 5.92. The van der Waals surface area contributed by atoms with E-state index in [0.29, 0.717) is 12.2 Å². The maximum Gasteiger partial charge on any atom is 0.272 e. The number of nitro benzene ring substituents is 1. The zero-order valence-corrected chi connectivity index (χ0v) is 15.0. The lowest BCUT2D eigenvalue weighted by Gasteiger charge is -2.31. The lowest BCUT2D eigenvalue weighted by Crippen LogP contribution is -2.53. The summed E-state index contributed by atoms with van der Waals surface area (Å²) in [4.78, 5) is 22.6. The SMILES string of the molecule is CCC(CC)(CN)NC(=O)c1ccn(-c2ccc([N+](=O)[O-])cc2)n1.Cl. The van der Waals surface area contributed by atoms with E-state index in [1.54, 1.807) is 24.4 Å². The number of benzene rings is 1. The van der Waals surface area contributed by atoms with Crippen molar-refractivity contribution in [2.24, 2.45) is 5.73 Å². The average Bonchev–Trinajstić information content (AvgIpc) is 3.10. The Morgan fingerprint density at radius 3 is 2.36 bits per heavy atom. The Balaban J connectivity index is 0.00000312. The van der Waals surface area contributed by atoms with Crippen LogP contribution in [0.2, 0.25) is 0 Å². The number of carbonyl (C=O) groups excluding carboxylic acids is 1. The van der Waals surface area contributed by atoms with Gasteiger partial charge in [0.2, 0.25) is 0 Å². The quantitative estimate of drug-likeness (QED) is 0.576. The van der Waals surface area contributed by atoms with Crippen LogP contribution in [0, 0.1) is 10.1 Å². The summed E-state index contributed by atoms with van der Waals surface area (Å²) in [5, 5.41) is 17.9. The second-order valence-electron chi connectivity index (χ2n) is 5.56. The molecule has 25 heavy (non-hydrogen) atoms. The maximum absolute atomic E-state index is 12.4. The zero-order valence-electron chi connectivity index (χ0n) is 14.1. The first-order chi connectivity index (χ1) is 11.4. The van der Waals surface area contributed by atoms with Gasteiger partial charge in [-0.15, -0.1) is 12.4 Å². The van der Waals surface area contributed by atoms with Gasteiger partial charge >= 0.3 is 0 Å². The molecule has 0 aliphatic rings. The highest BCUT2D eigenvalue weighted by Gasteiger charge is 2.27. The second kappa shape index (κ2) is 8.59. The van der Waals surface area contributed by atoms with Crippen molar-refractivity contribution in [1.82, 2.24) is 15.1 Å². The smallest absolute Gasteiger partial charge is 0.272 e. The molecule has 0 radical (unpaired) electrons. The zero-order chi connectivity index (χ0) is 17.7. The van der Waals surface area contributed by atoms with Gasteiger partial charge in [0, 0.05) is 24.9 Å². The van der Waals surface area contributed by atoms with Gasteiger partial charge in [-0.25, -0.2) is 4.68 Å². The molecule has 0 unspecified atom stereocenters. The van der Waals surface area contributed by atoms with Gasteiger partial charge in [0.15, 0.2) is 5.69 Å². The predicted molar refractivity (Wildman–Crippen MR) is 97.3 cm³/mol. The number of hydrogen-bond acceptors (Lipinski definition) is 5.